The van der Waals surface area contributed by atoms with Gasteiger partial charge in [-0.15, -0.1) is 0 Å². The van der Waals surface area contributed by atoms with Crippen LogP contribution in [-0.4, -0.2) is 40.9 Å². The molecule has 2 unspecified atom stereocenters. The highest BCUT2D eigenvalue weighted by Gasteiger charge is 2.27. The van der Waals surface area contributed by atoms with Crippen LogP contribution < -0.4 is 0 Å². The zero-order chi connectivity index (χ0) is 9.14. The number of aliphatic hydroxyl groups is 1. The Balaban J connectivity index is 2.49. The summed E-state index contributed by atoms with van der Waals surface area (Å²) in [5.41, 5.74) is 0. The van der Waals surface area contributed by atoms with Gasteiger partial charge < -0.3 is 15.1 Å². The zero-order valence-corrected chi connectivity index (χ0v) is 7.23. The second-order valence-corrected chi connectivity index (χ2v) is 3.44. The van der Waals surface area contributed by atoms with Crippen LogP contribution in [-0.2, 0) is 0 Å². The molecular weight excluding hydrogens is 158 g/mol. The minimum absolute atomic E-state index is 0.0882. The van der Waals surface area contributed by atoms with Gasteiger partial charge in [-0.3, -0.25) is 0 Å². The highest BCUT2D eigenvalue weighted by atomic mass is 16.4. The predicted molar refractivity (Wildman–Crippen MR) is 44.0 cm³/mol. The summed E-state index contributed by atoms with van der Waals surface area (Å²) in [5.74, 6) is 0.556. The van der Waals surface area contributed by atoms with Crippen LogP contribution >= 0.6 is 0 Å². The minimum atomic E-state index is -0.875. The molecule has 12 heavy (non-hydrogen) atoms. The topological polar surface area (TPSA) is 60.8 Å². The molecule has 1 aliphatic heterocycles. The van der Waals surface area contributed by atoms with E-state index in [-0.39, 0.29) is 12.5 Å². The van der Waals surface area contributed by atoms with Gasteiger partial charge >= 0.3 is 6.09 Å². The van der Waals surface area contributed by atoms with E-state index in [0.29, 0.717) is 19.0 Å². The fourth-order valence-corrected chi connectivity index (χ4v) is 1.56. The first-order valence-electron chi connectivity index (χ1n) is 4.24. The Labute approximate surface area is 71.8 Å². The van der Waals surface area contributed by atoms with Gasteiger partial charge in [-0.25, -0.2) is 4.79 Å². The Bertz CT molecular complexity index is 172. The first kappa shape index (κ1) is 9.32. The van der Waals surface area contributed by atoms with Crippen LogP contribution in [0.2, 0.25) is 0 Å². The predicted octanol–water partition coefficient (Wildman–Crippen LogP) is 0.615. The van der Waals surface area contributed by atoms with E-state index in [1.54, 1.807) is 0 Å². The van der Waals surface area contributed by atoms with Crippen molar-refractivity contribution in [1.82, 2.24) is 4.90 Å². The molecule has 0 aromatic heterocycles. The van der Waals surface area contributed by atoms with Crippen molar-refractivity contribution in [3.63, 3.8) is 0 Å². The third-order valence-electron chi connectivity index (χ3n) is 2.62. The Kier molecular flexibility index (Phi) is 2.92. The lowest BCUT2D eigenvalue weighted by atomic mass is 9.88. The number of piperidine rings is 1. The van der Waals surface area contributed by atoms with Gasteiger partial charge in [0.2, 0.25) is 0 Å². The summed E-state index contributed by atoms with van der Waals surface area (Å²) in [6.45, 7) is 3.23. The Morgan fingerprint density at radius 1 is 1.67 bits per heavy atom. The van der Waals surface area contributed by atoms with Gasteiger partial charge in [-0.2, -0.15) is 0 Å². The molecule has 0 aromatic carbocycles. The highest BCUT2D eigenvalue weighted by molar-refractivity contribution is 5.65. The molecule has 1 saturated heterocycles. The van der Waals surface area contributed by atoms with Crippen LogP contribution in [0.1, 0.15) is 13.3 Å². The SMILES string of the molecule is CC1CCN(C(=O)O)CC1CO. The van der Waals surface area contributed by atoms with E-state index in [9.17, 15) is 4.79 Å². The van der Waals surface area contributed by atoms with Gasteiger partial charge in [-0.1, -0.05) is 6.92 Å². The van der Waals surface area contributed by atoms with E-state index in [2.05, 4.69) is 6.92 Å². The summed E-state index contributed by atoms with van der Waals surface area (Å²) < 4.78 is 0. The lowest BCUT2D eigenvalue weighted by molar-refractivity contribution is 0.0736. The molecular formula is C8H15NO3. The number of nitrogens with zero attached hydrogens (tertiary/aromatic N) is 1. The largest absolute Gasteiger partial charge is 0.465 e. The third kappa shape index (κ3) is 1.88. The zero-order valence-electron chi connectivity index (χ0n) is 7.23. The van der Waals surface area contributed by atoms with Crippen molar-refractivity contribution < 1.29 is 15.0 Å². The molecule has 1 rings (SSSR count). The van der Waals surface area contributed by atoms with Crippen molar-refractivity contribution in [2.45, 2.75) is 13.3 Å². The molecule has 0 saturated carbocycles. The molecule has 1 aliphatic rings. The number of amides is 1. The fraction of sp³-hybridized carbons (Fsp3) is 0.875. The Morgan fingerprint density at radius 2 is 2.33 bits per heavy atom. The van der Waals surface area contributed by atoms with Crippen LogP contribution in [0.3, 0.4) is 0 Å². The number of carboxylic acid groups (broad SMARTS) is 1. The summed E-state index contributed by atoms with van der Waals surface area (Å²) >= 11 is 0. The molecule has 0 aliphatic carbocycles. The number of hydrogen-bond donors (Lipinski definition) is 2. The number of hydrogen-bond acceptors (Lipinski definition) is 2. The summed E-state index contributed by atoms with van der Waals surface area (Å²) in [5, 5.41) is 17.6. The van der Waals surface area contributed by atoms with Crippen LogP contribution in [0.4, 0.5) is 4.79 Å². The van der Waals surface area contributed by atoms with E-state index in [4.69, 9.17) is 10.2 Å². The van der Waals surface area contributed by atoms with Crippen LogP contribution in [0.25, 0.3) is 0 Å². The van der Waals surface area contributed by atoms with Crippen molar-refractivity contribution in [2.75, 3.05) is 19.7 Å². The number of aliphatic hydroxyl groups excluding tert-OH is 1. The smallest absolute Gasteiger partial charge is 0.407 e. The maximum absolute atomic E-state index is 10.6. The van der Waals surface area contributed by atoms with Crippen molar-refractivity contribution in [2.24, 2.45) is 11.8 Å². The number of likely N-dealkylation sites (tertiary alicyclic amines) is 1. The van der Waals surface area contributed by atoms with Crippen LogP contribution in [0.15, 0.2) is 0 Å². The lowest BCUT2D eigenvalue weighted by Crippen LogP contribution is -2.43. The van der Waals surface area contributed by atoms with Crippen LogP contribution in [0, 0.1) is 11.8 Å². The van der Waals surface area contributed by atoms with Gasteiger partial charge in [0, 0.05) is 25.6 Å². The maximum Gasteiger partial charge on any atom is 0.407 e. The second kappa shape index (κ2) is 3.76. The van der Waals surface area contributed by atoms with Gasteiger partial charge in [-0.05, 0) is 12.3 Å². The van der Waals surface area contributed by atoms with E-state index in [1.165, 1.54) is 4.90 Å². The summed E-state index contributed by atoms with van der Waals surface area (Å²) in [6, 6.07) is 0. The van der Waals surface area contributed by atoms with Crippen molar-refractivity contribution in [3.8, 4) is 0 Å². The van der Waals surface area contributed by atoms with Gasteiger partial charge in [0.15, 0.2) is 0 Å². The minimum Gasteiger partial charge on any atom is -0.465 e. The molecule has 2 atom stereocenters. The third-order valence-corrected chi connectivity index (χ3v) is 2.62. The highest BCUT2D eigenvalue weighted by Crippen LogP contribution is 2.22. The molecule has 4 heteroatoms. The molecule has 2 N–H and O–H groups in total. The molecule has 70 valence electrons. The monoisotopic (exact) mass is 173 g/mol. The molecule has 0 aromatic rings. The second-order valence-electron chi connectivity index (χ2n) is 3.44. The normalized spacial score (nSPS) is 30.3. The van der Waals surface area contributed by atoms with Gasteiger partial charge in [0.25, 0.3) is 0 Å². The van der Waals surface area contributed by atoms with Gasteiger partial charge in [0.1, 0.15) is 0 Å². The first-order chi connectivity index (χ1) is 5.65. The summed E-state index contributed by atoms with van der Waals surface area (Å²) in [7, 11) is 0. The van der Waals surface area contributed by atoms with E-state index in [1.807, 2.05) is 0 Å². The Hall–Kier alpha value is -0.770. The van der Waals surface area contributed by atoms with Gasteiger partial charge in [0.05, 0.1) is 0 Å². The van der Waals surface area contributed by atoms with Crippen LogP contribution in [0.5, 0.6) is 0 Å². The molecule has 1 amide bonds. The molecule has 1 fully saturated rings. The van der Waals surface area contributed by atoms with Crippen molar-refractivity contribution >= 4 is 6.09 Å². The lowest BCUT2D eigenvalue weighted by Gasteiger charge is -2.34. The van der Waals surface area contributed by atoms with E-state index < -0.39 is 6.09 Å². The molecule has 0 radical (unpaired) electrons. The molecule has 4 nitrogen and oxygen atoms in total. The molecule has 0 bridgehead atoms. The first-order valence-corrected chi connectivity index (χ1v) is 4.24. The number of rotatable bonds is 1. The van der Waals surface area contributed by atoms with Crippen molar-refractivity contribution in [3.05, 3.63) is 0 Å². The number of carbonyl (C=O) groups is 1. The maximum atomic E-state index is 10.6. The fourth-order valence-electron chi connectivity index (χ4n) is 1.56. The van der Waals surface area contributed by atoms with E-state index >= 15 is 0 Å². The van der Waals surface area contributed by atoms with Crippen molar-refractivity contribution in [1.29, 1.82) is 0 Å². The standard InChI is InChI=1S/C8H15NO3/c1-6-2-3-9(8(11)12)4-7(6)5-10/h6-7,10H,2-5H2,1H3,(H,11,12). The quantitative estimate of drug-likeness (QED) is 0.611. The average molecular weight is 173 g/mol. The summed E-state index contributed by atoms with van der Waals surface area (Å²) in [6.07, 6.45) is -0.0160. The summed E-state index contributed by atoms with van der Waals surface area (Å²) in [4.78, 5) is 11.9. The molecule has 1 heterocycles. The average Bonchev–Trinajstić information content (AvgIpc) is 2.05. The Morgan fingerprint density at radius 3 is 2.83 bits per heavy atom. The molecule has 0 spiro atoms. The van der Waals surface area contributed by atoms with E-state index in [0.717, 1.165) is 6.42 Å².